The lowest BCUT2D eigenvalue weighted by molar-refractivity contribution is 0.0123. The van der Waals surface area contributed by atoms with E-state index >= 15 is 0 Å². The van der Waals surface area contributed by atoms with Crippen molar-refractivity contribution in [2.45, 2.75) is 58.8 Å². The number of fused-ring (bicyclic) bond motifs is 1. The van der Waals surface area contributed by atoms with Gasteiger partial charge < -0.3 is 14.6 Å². The number of aromatic nitrogens is 1. The van der Waals surface area contributed by atoms with Crippen molar-refractivity contribution < 1.29 is 4.74 Å². The first-order valence-corrected chi connectivity index (χ1v) is 7.78. The van der Waals surface area contributed by atoms with Crippen LogP contribution in [0.3, 0.4) is 0 Å². The number of nitrogens with one attached hydrogen (secondary N) is 1. The Kier molecular flexibility index (Phi) is 5.07. The first-order valence-electron chi connectivity index (χ1n) is 7.78. The Hall–Kier alpha value is -1.32. The molecule has 0 bridgehead atoms. The van der Waals surface area contributed by atoms with Crippen LogP contribution in [0.25, 0.3) is 10.9 Å². The first kappa shape index (κ1) is 16.1. The fourth-order valence-electron chi connectivity index (χ4n) is 2.48. The molecular formula is C18H28N2O. The van der Waals surface area contributed by atoms with Crippen molar-refractivity contribution >= 4 is 10.9 Å². The molecule has 3 nitrogen and oxygen atoms in total. The number of rotatable bonds is 7. The Balaban J connectivity index is 2.24. The summed E-state index contributed by atoms with van der Waals surface area (Å²) < 4.78 is 7.89. The van der Waals surface area contributed by atoms with Gasteiger partial charge in [-0.3, -0.25) is 0 Å². The maximum absolute atomic E-state index is 5.53. The molecule has 2 aromatic rings. The smallest absolute Gasteiger partial charge is 0.0639 e. The zero-order valence-electron chi connectivity index (χ0n) is 13.9. The maximum Gasteiger partial charge on any atom is 0.0639 e. The lowest BCUT2D eigenvalue weighted by Crippen LogP contribution is -2.24. The summed E-state index contributed by atoms with van der Waals surface area (Å²) in [4.78, 5) is 0. The SMILES string of the molecule is COC(C)(C)CCn1ccc2cccc(CNC(C)C)c21. The molecule has 1 aromatic heterocycles. The van der Waals surface area contributed by atoms with Gasteiger partial charge in [0, 0.05) is 32.4 Å². The van der Waals surface area contributed by atoms with Crippen LogP contribution in [0, 0.1) is 0 Å². The number of ether oxygens (including phenoxy) is 1. The lowest BCUT2D eigenvalue weighted by Gasteiger charge is -2.23. The molecule has 21 heavy (non-hydrogen) atoms. The highest BCUT2D eigenvalue weighted by Crippen LogP contribution is 2.23. The molecule has 2 rings (SSSR count). The van der Waals surface area contributed by atoms with E-state index in [-0.39, 0.29) is 5.60 Å². The number of aryl methyl sites for hydroxylation is 1. The van der Waals surface area contributed by atoms with Crippen molar-refractivity contribution in [1.82, 2.24) is 9.88 Å². The Bertz CT molecular complexity index is 584. The average Bonchev–Trinajstić information content (AvgIpc) is 2.87. The minimum absolute atomic E-state index is 0.0816. The monoisotopic (exact) mass is 288 g/mol. The van der Waals surface area contributed by atoms with E-state index in [1.807, 2.05) is 0 Å². The van der Waals surface area contributed by atoms with Crippen molar-refractivity contribution in [2.24, 2.45) is 0 Å². The Morgan fingerprint density at radius 2 is 2.00 bits per heavy atom. The second-order valence-electron chi connectivity index (χ2n) is 6.61. The fourth-order valence-corrected chi connectivity index (χ4v) is 2.48. The predicted octanol–water partition coefficient (Wildman–Crippen LogP) is 3.95. The van der Waals surface area contributed by atoms with Gasteiger partial charge in [-0.05, 0) is 37.3 Å². The molecule has 0 aliphatic rings. The molecule has 0 fully saturated rings. The molecule has 1 heterocycles. The molecule has 1 N–H and O–H groups in total. The van der Waals surface area contributed by atoms with E-state index in [0.29, 0.717) is 6.04 Å². The molecule has 0 spiro atoms. The van der Waals surface area contributed by atoms with Crippen molar-refractivity contribution in [3.05, 3.63) is 36.0 Å². The van der Waals surface area contributed by atoms with E-state index in [9.17, 15) is 0 Å². The van der Waals surface area contributed by atoms with Crippen molar-refractivity contribution in [2.75, 3.05) is 7.11 Å². The van der Waals surface area contributed by atoms with Crippen molar-refractivity contribution in [1.29, 1.82) is 0 Å². The summed E-state index contributed by atoms with van der Waals surface area (Å²) in [5.41, 5.74) is 2.63. The normalized spacial score (nSPS) is 12.5. The van der Waals surface area contributed by atoms with Gasteiger partial charge in [0.25, 0.3) is 0 Å². The fraction of sp³-hybridized carbons (Fsp3) is 0.556. The van der Waals surface area contributed by atoms with E-state index in [2.05, 4.69) is 68.0 Å². The number of nitrogens with zero attached hydrogens (tertiary/aromatic N) is 1. The average molecular weight is 288 g/mol. The van der Waals surface area contributed by atoms with Gasteiger partial charge in [-0.2, -0.15) is 0 Å². The van der Waals surface area contributed by atoms with Crippen LogP contribution in [0.15, 0.2) is 30.5 Å². The van der Waals surface area contributed by atoms with Gasteiger partial charge in [0.2, 0.25) is 0 Å². The molecule has 0 radical (unpaired) electrons. The number of hydrogen-bond donors (Lipinski definition) is 1. The van der Waals surface area contributed by atoms with Crippen molar-refractivity contribution in [3.8, 4) is 0 Å². The van der Waals surface area contributed by atoms with E-state index in [1.54, 1.807) is 7.11 Å². The van der Waals surface area contributed by atoms with E-state index in [0.717, 1.165) is 19.5 Å². The molecule has 0 atom stereocenters. The van der Waals surface area contributed by atoms with Gasteiger partial charge in [-0.25, -0.2) is 0 Å². The van der Waals surface area contributed by atoms with Gasteiger partial charge >= 0.3 is 0 Å². The first-order chi connectivity index (χ1) is 9.93. The van der Waals surface area contributed by atoms with E-state index in [1.165, 1.54) is 16.5 Å². The molecule has 3 heteroatoms. The maximum atomic E-state index is 5.53. The molecule has 0 unspecified atom stereocenters. The van der Waals surface area contributed by atoms with Crippen LogP contribution in [0.1, 0.15) is 39.7 Å². The predicted molar refractivity (Wildman–Crippen MR) is 89.6 cm³/mol. The Morgan fingerprint density at radius 3 is 2.67 bits per heavy atom. The Morgan fingerprint density at radius 1 is 1.24 bits per heavy atom. The zero-order chi connectivity index (χ0) is 15.5. The van der Waals surface area contributed by atoms with E-state index < -0.39 is 0 Å². The molecule has 0 aliphatic heterocycles. The second kappa shape index (κ2) is 6.63. The molecular weight excluding hydrogens is 260 g/mol. The number of methoxy groups -OCH3 is 1. The molecule has 0 aliphatic carbocycles. The highest BCUT2D eigenvalue weighted by atomic mass is 16.5. The molecule has 0 amide bonds. The highest BCUT2D eigenvalue weighted by Gasteiger charge is 2.17. The van der Waals surface area contributed by atoms with Gasteiger partial charge in [-0.1, -0.05) is 32.0 Å². The molecule has 0 saturated carbocycles. The van der Waals surface area contributed by atoms with Gasteiger partial charge in [0.05, 0.1) is 11.1 Å². The summed E-state index contributed by atoms with van der Waals surface area (Å²) in [6.45, 7) is 10.5. The number of para-hydroxylation sites is 1. The van der Waals surface area contributed by atoms with Gasteiger partial charge in [0.1, 0.15) is 0 Å². The summed E-state index contributed by atoms with van der Waals surface area (Å²) >= 11 is 0. The quantitative estimate of drug-likeness (QED) is 0.835. The minimum atomic E-state index is -0.0816. The zero-order valence-corrected chi connectivity index (χ0v) is 13.9. The molecule has 0 saturated heterocycles. The van der Waals surface area contributed by atoms with Gasteiger partial charge in [0.15, 0.2) is 0 Å². The minimum Gasteiger partial charge on any atom is -0.379 e. The summed E-state index contributed by atoms with van der Waals surface area (Å²) in [6.07, 6.45) is 3.19. The summed E-state index contributed by atoms with van der Waals surface area (Å²) in [5.74, 6) is 0. The van der Waals surface area contributed by atoms with Crippen LogP contribution in [0.2, 0.25) is 0 Å². The summed E-state index contributed by atoms with van der Waals surface area (Å²) in [7, 11) is 1.78. The third kappa shape index (κ3) is 4.08. The molecule has 116 valence electrons. The second-order valence-corrected chi connectivity index (χ2v) is 6.61. The van der Waals surface area contributed by atoms with Crippen LogP contribution in [0.4, 0.5) is 0 Å². The van der Waals surface area contributed by atoms with Gasteiger partial charge in [-0.15, -0.1) is 0 Å². The van der Waals surface area contributed by atoms with Crippen LogP contribution in [-0.4, -0.2) is 23.3 Å². The summed E-state index contributed by atoms with van der Waals surface area (Å²) in [5, 5.41) is 4.83. The van der Waals surface area contributed by atoms with E-state index in [4.69, 9.17) is 4.74 Å². The van der Waals surface area contributed by atoms with Crippen LogP contribution < -0.4 is 5.32 Å². The lowest BCUT2D eigenvalue weighted by atomic mass is 10.1. The van der Waals surface area contributed by atoms with Crippen molar-refractivity contribution in [3.63, 3.8) is 0 Å². The highest BCUT2D eigenvalue weighted by molar-refractivity contribution is 5.83. The number of hydrogen-bond acceptors (Lipinski definition) is 2. The van der Waals surface area contributed by atoms with Crippen LogP contribution in [0.5, 0.6) is 0 Å². The topological polar surface area (TPSA) is 26.2 Å². The third-order valence-electron chi connectivity index (χ3n) is 4.08. The number of benzene rings is 1. The largest absolute Gasteiger partial charge is 0.379 e. The third-order valence-corrected chi connectivity index (χ3v) is 4.08. The molecule has 1 aromatic carbocycles. The Labute approximate surface area is 128 Å². The standard InChI is InChI=1S/C18H28N2O/c1-14(2)19-13-16-8-6-7-15-9-11-20(17(15)16)12-10-18(3,4)21-5/h6-9,11,14,19H,10,12-13H2,1-5H3. The van der Waals surface area contributed by atoms with Crippen LogP contribution in [-0.2, 0) is 17.8 Å². The summed E-state index contributed by atoms with van der Waals surface area (Å²) in [6, 6.07) is 9.25. The van der Waals surface area contributed by atoms with Crippen LogP contribution >= 0.6 is 0 Å².